The van der Waals surface area contributed by atoms with Gasteiger partial charge in [0.1, 0.15) is 11.5 Å². The van der Waals surface area contributed by atoms with Crippen LogP contribution in [0.1, 0.15) is 33.7 Å². The Bertz CT molecular complexity index is 728. The van der Waals surface area contributed by atoms with Gasteiger partial charge in [0.15, 0.2) is 5.78 Å². The molecular formula is C19H22ClN3O2. The summed E-state index contributed by atoms with van der Waals surface area (Å²) in [4.78, 5) is 31.4. The van der Waals surface area contributed by atoms with Crippen LogP contribution in [0.15, 0.2) is 48.5 Å². The third-order valence-electron chi connectivity index (χ3n) is 4.37. The molecule has 1 fully saturated rings. The molecule has 1 aromatic heterocycles. The summed E-state index contributed by atoms with van der Waals surface area (Å²) in [5.74, 6) is 0.266. The molecule has 1 aliphatic heterocycles. The van der Waals surface area contributed by atoms with E-state index in [1.54, 1.807) is 30.3 Å². The molecule has 0 atom stereocenters. The number of anilines is 1. The van der Waals surface area contributed by atoms with Crippen molar-refractivity contribution in [3.05, 3.63) is 59.8 Å². The maximum absolute atomic E-state index is 12.6. The fourth-order valence-corrected chi connectivity index (χ4v) is 2.90. The standard InChI is InChI=1S/C19H21N3O2.ClH/c1-22-12-10-14(11-13-22)18(23)16-8-5-9-17(20-16)21-19(24)15-6-3-2-4-7-15;/h2-9,14H,10-13H2,1H3,(H,20,21,24);1H. The zero-order chi connectivity index (χ0) is 16.9. The second-order valence-corrected chi connectivity index (χ2v) is 6.17. The van der Waals surface area contributed by atoms with E-state index < -0.39 is 0 Å². The number of pyridine rings is 1. The van der Waals surface area contributed by atoms with Crippen molar-refractivity contribution in [2.75, 3.05) is 25.5 Å². The molecule has 0 aliphatic carbocycles. The summed E-state index contributed by atoms with van der Waals surface area (Å²) < 4.78 is 0. The fourth-order valence-electron chi connectivity index (χ4n) is 2.90. The van der Waals surface area contributed by atoms with Crippen molar-refractivity contribution in [1.29, 1.82) is 0 Å². The Morgan fingerprint density at radius 3 is 2.40 bits per heavy atom. The van der Waals surface area contributed by atoms with E-state index in [1.807, 2.05) is 18.2 Å². The highest BCUT2D eigenvalue weighted by Crippen LogP contribution is 2.21. The Labute approximate surface area is 153 Å². The topological polar surface area (TPSA) is 62.3 Å². The molecule has 0 bridgehead atoms. The lowest BCUT2D eigenvalue weighted by molar-refractivity contribution is 0.0851. The molecule has 1 amide bonds. The van der Waals surface area contributed by atoms with Gasteiger partial charge in [-0.15, -0.1) is 12.4 Å². The number of amides is 1. The van der Waals surface area contributed by atoms with E-state index in [2.05, 4.69) is 22.2 Å². The Balaban J connectivity index is 0.00000225. The number of Topliss-reactive ketones (excluding diaryl/α,β-unsaturated/α-hetero) is 1. The third kappa shape index (κ3) is 4.87. The number of piperidine rings is 1. The summed E-state index contributed by atoms with van der Waals surface area (Å²) in [6.45, 7) is 1.86. The predicted molar refractivity (Wildman–Crippen MR) is 100 cm³/mol. The van der Waals surface area contributed by atoms with E-state index in [0.717, 1.165) is 25.9 Å². The lowest BCUT2D eigenvalue weighted by Crippen LogP contribution is -2.33. The normalized spacial score (nSPS) is 15.2. The molecule has 2 aromatic rings. The first kappa shape index (κ1) is 19.1. The Morgan fingerprint density at radius 2 is 1.72 bits per heavy atom. The van der Waals surface area contributed by atoms with Crippen molar-refractivity contribution in [2.45, 2.75) is 12.8 Å². The van der Waals surface area contributed by atoms with Crippen LogP contribution in [0.4, 0.5) is 5.82 Å². The van der Waals surface area contributed by atoms with Crippen LogP contribution in [0.5, 0.6) is 0 Å². The average molecular weight is 360 g/mol. The number of carbonyl (C=O) groups is 2. The summed E-state index contributed by atoms with van der Waals surface area (Å²) in [7, 11) is 2.07. The highest BCUT2D eigenvalue weighted by atomic mass is 35.5. The molecule has 5 nitrogen and oxygen atoms in total. The van der Waals surface area contributed by atoms with Gasteiger partial charge >= 0.3 is 0 Å². The number of halogens is 1. The number of benzene rings is 1. The second kappa shape index (κ2) is 8.74. The van der Waals surface area contributed by atoms with Crippen LogP contribution in [0, 0.1) is 5.92 Å². The van der Waals surface area contributed by atoms with Gasteiger partial charge in [0.2, 0.25) is 0 Å². The van der Waals surface area contributed by atoms with E-state index in [0.29, 0.717) is 17.1 Å². The smallest absolute Gasteiger partial charge is 0.256 e. The SMILES string of the molecule is CN1CCC(C(=O)c2cccc(NC(=O)c3ccccc3)n2)CC1.Cl. The minimum absolute atomic E-state index is 0. The monoisotopic (exact) mass is 359 g/mol. The van der Waals surface area contributed by atoms with Gasteiger partial charge in [-0.2, -0.15) is 0 Å². The van der Waals surface area contributed by atoms with Gasteiger partial charge < -0.3 is 10.2 Å². The van der Waals surface area contributed by atoms with Gasteiger partial charge in [-0.05, 0) is 57.2 Å². The van der Waals surface area contributed by atoms with E-state index in [-0.39, 0.29) is 30.0 Å². The molecule has 25 heavy (non-hydrogen) atoms. The number of nitrogens with one attached hydrogen (secondary N) is 1. The van der Waals surface area contributed by atoms with Gasteiger partial charge in [0, 0.05) is 11.5 Å². The summed E-state index contributed by atoms with van der Waals surface area (Å²) in [5.41, 5.74) is 0.988. The molecule has 1 N–H and O–H groups in total. The Kier molecular flexibility index (Phi) is 6.67. The highest BCUT2D eigenvalue weighted by Gasteiger charge is 2.25. The van der Waals surface area contributed by atoms with Crippen molar-refractivity contribution in [3.63, 3.8) is 0 Å². The molecular weight excluding hydrogens is 338 g/mol. The number of ketones is 1. The third-order valence-corrected chi connectivity index (χ3v) is 4.37. The maximum Gasteiger partial charge on any atom is 0.256 e. The number of rotatable bonds is 4. The largest absolute Gasteiger partial charge is 0.307 e. The minimum atomic E-state index is -0.230. The number of carbonyl (C=O) groups excluding carboxylic acids is 2. The molecule has 2 heterocycles. The molecule has 1 saturated heterocycles. The first-order valence-corrected chi connectivity index (χ1v) is 8.20. The van der Waals surface area contributed by atoms with Crippen LogP contribution < -0.4 is 5.32 Å². The lowest BCUT2D eigenvalue weighted by atomic mass is 9.91. The number of hydrogen-bond acceptors (Lipinski definition) is 4. The predicted octanol–water partition coefficient (Wildman–Crippen LogP) is 3.28. The number of hydrogen-bond donors (Lipinski definition) is 1. The Morgan fingerprint density at radius 1 is 1.04 bits per heavy atom. The maximum atomic E-state index is 12.6. The molecule has 0 spiro atoms. The van der Waals surface area contributed by atoms with Crippen molar-refractivity contribution in [1.82, 2.24) is 9.88 Å². The van der Waals surface area contributed by atoms with Crippen LogP contribution in [0.25, 0.3) is 0 Å². The lowest BCUT2D eigenvalue weighted by Gasteiger charge is -2.27. The van der Waals surface area contributed by atoms with Gasteiger partial charge in [0.25, 0.3) is 5.91 Å². The van der Waals surface area contributed by atoms with Crippen LogP contribution in [-0.4, -0.2) is 41.7 Å². The summed E-state index contributed by atoms with van der Waals surface area (Å²) >= 11 is 0. The molecule has 0 unspecified atom stereocenters. The number of nitrogens with zero attached hydrogens (tertiary/aromatic N) is 2. The van der Waals surface area contributed by atoms with Crippen molar-refractivity contribution in [2.24, 2.45) is 5.92 Å². The van der Waals surface area contributed by atoms with E-state index >= 15 is 0 Å². The van der Waals surface area contributed by atoms with E-state index in [9.17, 15) is 9.59 Å². The van der Waals surface area contributed by atoms with Gasteiger partial charge in [-0.25, -0.2) is 4.98 Å². The van der Waals surface area contributed by atoms with Crippen molar-refractivity contribution in [3.8, 4) is 0 Å². The van der Waals surface area contributed by atoms with E-state index in [4.69, 9.17) is 0 Å². The zero-order valence-electron chi connectivity index (χ0n) is 14.1. The summed E-state index contributed by atoms with van der Waals surface area (Å²) in [5, 5.41) is 2.75. The second-order valence-electron chi connectivity index (χ2n) is 6.17. The summed E-state index contributed by atoms with van der Waals surface area (Å²) in [6, 6.07) is 14.1. The molecule has 1 aliphatic rings. The minimum Gasteiger partial charge on any atom is -0.307 e. The first-order valence-electron chi connectivity index (χ1n) is 8.20. The van der Waals surface area contributed by atoms with E-state index in [1.165, 1.54) is 0 Å². The van der Waals surface area contributed by atoms with Crippen molar-refractivity contribution < 1.29 is 9.59 Å². The Hall–Kier alpha value is -2.24. The summed E-state index contributed by atoms with van der Waals surface area (Å²) in [6.07, 6.45) is 1.72. The quantitative estimate of drug-likeness (QED) is 0.851. The average Bonchev–Trinajstić information content (AvgIpc) is 2.63. The van der Waals surface area contributed by atoms with Gasteiger partial charge in [0.05, 0.1) is 0 Å². The fraction of sp³-hybridized carbons (Fsp3) is 0.316. The highest BCUT2D eigenvalue weighted by molar-refractivity contribution is 6.04. The molecule has 0 radical (unpaired) electrons. The number of aromatic nitrogens is 1. The molecule has 3 rings (SSSR count). The molecule has 0 saturated carbocycles. The first-order chi connectivity index (χ1) is 11.6. The molecule has 1 aromatic carbocycles. The molecule has 132 valence electrons. The molecule has 6 heteroatoms. The van der Waals surface area contributed by atoms with Crippen LogP contribution in [0.3, 0.4) is 0 Å². The zero-order valence-corrected chi connectivity index (χ0v) is 15.0. The van der Waals surface area contributed by atoms with Crippen LogP contribution in [0.2, 0.25) is 0 Å². The number of likely N-dealkylation sites (tertiary alicyclic amines) is 1. The van der Waals surface area contributed by atoms with Gasteiger partial charge in [-0.3, -0.25) is 9.59 Å². The van der Waals surface area contributed by atoms with Crippen LogP contribution in [-0.2, 0) is 0 Å². The van der Waals surface area contributed by atoms with Crippen molar-refractivity contribution >= 4 is 29.9 Å². The van der Waals surface area contributed by atoms with Crippen LogP contribution >= 0.6 is 12.4 Å². The van der Waals surface area contributed by atoms with Gasteiger partial charge in [-0.1, -0.05) is 24.3 Å².